The Morgan fingerprint density at radius 1 is 1.83 bits per heavy atom. The van der Waals surface area contributed by atoms with Crippen LogP contribution in [0.3, 0.4) is 0 Å². The maximum absolute atomic E-state index is 10.5. The van der Waals surface area contributed by atoms with E-state index < -0.39 is 11.9 Å². The fraction of sp³-hybridized carbons (Fsp3) is 0.500. The summed E-state index contributed by atoms with van der Waals surface area (Å²) in [6.45, 7) is 0. The average Bonchev–Trinajstić information content (AvgIpc) is 2.33. The van der Waals surface area contributed by atoms with Crippen molar-refractivity contribution in [1.29, 1.82) is 0 Å². The molecular weight excluding hydrogens is 158 g/mol. The minimum atomic E-state index is -0.427. The van der Waals surface area contributed by atoms with Crippen LogP contribution in [0.25, 0.3) is 0 Å². The highest BCUT2D eigenvalue weighted by Crippen LogP contribution is 2.09. The number of aryl methyl sites for hydroxylation is 1. The summed E-state index contributed by atoms with van der Waals surface area (Å²) in [4.78, 5) is 10.5. The van der Waals surface area contributed by atoms with Gasteiger partial charge in [0.25, 0.3) is 0 Å². The smallest absolute Gasteiger partial charge is 0.219 e. The SMILES string of the molecule is Cn1nncc1[C@H](N)CC(N)=O. The first-order valence-corrected chi connectivity index (χ1v) is 3.49. The van der Waals surface area contributed by atoms with Crippen LogP contribution in [0.2, 0.25) is 0 Å². The molecule has 0 fully saturated rings. The summed E-state index contributed by atoms with van der Waals surface area (Å²) in [5.74, 6) is -0.427. The van der Waals surface area contributed by atoms with Gasteiger partial charge in [0, 0.05) is 13.5 Å². The van der Waals surface area contributed by atoms with Gasteiger partial charge in [-0.1, -0.05) is 5.21 Å². The van der Waals surface area contributed by atoms with Crippen LogP contribution in [0, 0.1) is 0 Å². The van der Waals surface area contributed by atoms with Gasteiger partial charge < -0.3 is 11.5 Å². The van der Waals surface area contributed by atoms with Crippen LogP contribution in [0.1, 0.15) is 18.2 Å². The number of rotatable bonds is 3. The van der Waals surface area contributed by atoms with Crippen LogP contribution in [0.5, 0.6) is 0 Å². The van der Waals surface area contributed by atoms with Gasteiger partial charge in [0.05, 0.1) is 17.9 Å². The Morgan fingerprint density at radius 2 is 2.50 bits per heavy atom. The van der Waals surface area contributed by atoms with Gasteiger partial charge in [-0.05, 0) is 0 Å². The molecule has 1 heterocycles. The fourth-order valence-electron chi connectivity index (χ4n) is 0.955. The number of amides is 1. The Balaban J connectivity index is 2.71. The third-order valence-electron chi connectivity index (χ3n) is 1.55. The van der Waals surface area contributed by atoms with E-state index in [-0.39, 0.29) is 6.42 Å². The molecule has 1 rings (SSSR count). The summed E-state index contributed by atoms with van der Waals surface area (Å²) < 4.78 is 1.52. The molecule has 66 valence electrons. The Kier molecular flexibility index (Phi) is 2.39. The third-order valence-corrected chi connectivity index (χ3v) is 1.55. The number of nitrogens with zero attached hydrogens (tertiary/aromatic N) is 3. The van der Waals surface area contributed by atoms with Crippen LogP contribution < -0.4 is 11.5 Å². The quantitative estimate of drug-likeness (QED) is 0.586. The lowest BCUT2D eigenvalue weighted by Gasteiger charge is -2.07. The van der Waals surface area contributed by atoms with Crippen molar-refractivity contribution in [3.05, 3.63) is 11.9 Å². The Bertz CT molecular complexity index is 281. The van der Waals surface area contributed by atoms with Gasteiger partial charge >= 0.3 is 0 Å². The highest BCUT2D eigenvalue weighted by Gasteiger charge is 2.12. The number of carbonyl (C=O) groups is 1. The van der Waals surface area contributed by atoms with Crippen LogP contribution in [-0.4, -0.2) is 20.9 Å². The van der Waals surface area contributed by atoms with Crippen molar-refractivity contribution in [3.63, 3.8) is 0 Å². The largest absolute Gasteiger partial charge is 0.370 e. The first kappa shape index (κ1) is 8.66. The number of hydrogen-bond acceptors (Lipinski definition) is 4. The predicted molar refractivity (Wildman–Crippen MR) is 41.7 cm³/mol. The molecule has 1 aromatic heterocycles. The van der Waals surface area contributed by atoms with Crippen molar-refractivity contribution in [3.8, 4) is 0 Å². The van der Waals surface area contributed by atoms with Crippen molar-refractivity contribution in [1.82, 2.24) is 15.0 Å². The van der Waals surface area contributed by atoms with Gasteiger partial charge in [0.2, 0.25) is 5.91 Å². The zero-order chi connectivity index (χ0) is 9.14. The Labute approximate surface area is 69.5 Å². The number of primary amides is 1. The second kappa shape index (κ2) is 3.31. The minimum Gasteiger partial charge on any atom is -0.370 e. The molecule has 0 saturated heterocycles. The Hall–Kier alpha value is -1.43. The molecule has 0 aromatic carbocycles. The van der Waals surface area contributed by atoms with E-state index in [0.717, 1.165) is 0 Å². The molecule has 4 N–H and O–H groups in total. The first-order chi connectivity index (χ1) is 5.61. The molecule has 0 aliphatic carbocycles. The molecule has 1 atom stereocenters. The van der Waals surface area contributed by atoms with E-state index in [1.54, 1.807) is 7.05 Å². The molecule has 0 bridgehead atoms. The van der Waals surface area contributed by atoms with Crippen LogP contribution in [0.4, 0.5) is 0 Å². The number of hydrogen-bond donors (Lipinski definition) is 2. The second-order valence-electron chi connectivity index (χ2n) is 2.56. The molecule has 6 heteroatoms. The van der Waals surface area contributed by atoms with E-state index in [2.05, 4.69) is 10.3 Å². The molecule has 1 aromatic rings. The lowest BCUT2D eigenvalue weighted by atomic mass is 10.1. The highest BCUT2D eigenvalue weighted by atomic mass is 16.1. The molecule has 0 saturated carbocycles. The standard InChI is InChI=1S/C6H11N5O/c1-11-5(3-9-10-11)4(7)2-6(8)12/h3-4H,2,7H2,1H3,(H2,8,12)/t4-/m1/s1. The molecule has 0 spiro atoms. The van der Waals surface area contributed by atoms with Crippen LogP contribution in [-0.2, 0) is 11.8 Å². The molecule has 0 radical (unpaired) electrons. The van der Waals surface area contributed by atoms with Crippen molar-refractivity contribution < 1.29 is 4.79 Å². The second-order valence-corrected chi connectivity index (χ2v) is 2.56. The summed E-state index contributed by atoms with van der Waals surface area (Å²) in [5, 5.41) is 7.31. The predicted octanol–water partition coefficient (Wildman–Crippen LogP) is -1.31. The van der Waals surface area contributed by atoms with Gasteiger partial charge in [-0.2, -0.15) is 0 Å². The molecule has 12 heavy (non-hydrogen) atoms. The topological polar surface area (TPSA) is 99.8 Å². The summed E-state index contributed by atoms with van der Waals surface area (Å²) in [5.41, 5.74) is 11.3. The molecule has 1 amide bonds. The number of aromatic nitrogens is 3. The van der Waals surface area contributed by atoms with Crippen molar-refractivity contribution >= 4 is 5.91 Å². The van der Waals surface area contributed by atoms with Gasteiger partial charge in [0.1, 0.15) is 0 Å². The average molecular weight is 169 g/mol. The zero-order valence-electron chi connectivity index (χ0n) is 6.77. The molecule has 0 aliphatic rings. The lowest BCUT2D eigenvalue weighted by molar-refractivity contribution is -0.118. The van der Waals surface area contributed by atoms with E-state index in [4.69, 9.17) is 11.5 Å². The summed E-state index contributed by atoms with van der Waals surface area (Å²) in [7, 11) is 1.71. The van der Waals surface area contributed by atoms with E-state index in [0.29, 0.717) is 5.69 Å². The normalized spacial score (nSPS) is 12.8. The van der Waals surface area contributed by atoms with Crippen molar-refractivity contribution in [2.24, 2.45) is 18.5 Å². The van der Waals surface area contributed by atoms with E-state index in [9.17, 15) is 4.79 Å². The lowest BCUT2D eigenvalue weighted by Crippen LogP contribution is -2.22. The minimum absolute atomic E-state index is 0.112. The number of carbonyl (C=O) groups excluding carboxylic acids is 1. The maximum atomic E-state index is 10.5. The molecule has 0 unspecified atom stereocenters. The van der Waals surface area contributed by atoms with Crippen LogP contribution in [0.15, 0.2) is 6.20 Å². The fourth-order valence-corrected chi connectivity index (χ4v) is 0.955. The van der Waals surface area contributed by atoms with Gasteiger partial charge in [-0.3, -0.25) is 9.48 Å². The summed E-state index contributed by atoms with van der Waals surface area (Å²) in [6.07, 6.45) is 1.63. The first-order valence-electron chi connectivity index (χ1n) is 3.49. The highest BCUT2D eigenvalue weighted by molar-refractivity contribution is 5.74. The van der Waals surface area contributed by atoms with E-state index in [1.165, 1.54) is 10.9 Å². The number of nitrogens with two attached hydrogens (primary N) is 2. The van der Waals surface area contributed by atoms with E-state index >= 15 is 0 Å². The van der Waals surface area contributed by atoms with Gasteiger partial charge in [-0.25, -0.2) is 0 Å². The third kappa shape index (κ3) is 1.79. The van der Waals surface area contributed by atoms with Crippen LogP contribution >= 0.6 is 0 Å². The zero-order valence-corrected chi connectivity index (χ0v) is 6.77. The summed E-state index contributed by atoms with van der Waals surface area (Å²) in [6, 6.07) is -0.414. The van der Waals surface area contributed by atoms with Crippen molar-refractivity contribution in [2.45, 2.75) is 12.5 Å². The van der Waals surface area contributed by atoms with Gasteiger partial charge in [-0.15, -0.1) is 5.10 Å². The maximum Gasteiger partial charge on any atom is 0.219 e. The molecule has 0 aliphatic heterocycles. The van der Waals surface area contributed by atoms with Gasteiger partial charge in [0.15, 0.2) is 0 Å². The summed E-state index contributed by atoms with van der Waals surface area (Å²) >= 11 is 0. The van der Waals surface area contributed by atoms with Crippen molar-refractivity contribution in [2.75, 3.05) is 0 Å². The Morgan fingerprint density at radius 3 is 2.92 bits per heavy atom. The molecular formula is C6H11N5O. The van der Waals surface area contributed by atoms with E-state index in [1.807, 2.05) is 0 Å². The molecule has 6 nitrogen and oxygen atoms in total. The monoisotopic (exact) mass is 169 g/mol.